The van der Waals surface area contributed by atoms with E-state index in [0.717, 1.165) is 23.4 Å². The number of hydrogen-bond acceptors (Lipinski definition) is 4. The number of halogens is 3. The van der Waals surface area contributed by atoms with Gasteiger partial charge in [0.25, 0.3) is 0 Å². The highest BCUT2D eigenvalue weighted by atomic mass is 19.4. The molecule has 0 unspecified atom stereocenters. The molecule has 0 saturated heterocycles. The second-order valence-corrected chi connectivity index (χ2v) is 7.31. The minimum absolute atomic E-state index is 0.300. The lowest BCUT2D eigenvalue weighted by Crippen LogP contribution is -2.07. The minimum atomic E-state index is -4.46. The first-order valence-corrected chi connectivity index (χ1v) is 9.72. The van der Waals surface area contributed by atoms with Gasteiger partial charge in [0.1, 0.15) is 5.69 Å². The molecule has 0 spiro atoms. The molecule has 0 amide bonds. The van der Waals surface area contributed by atoms with Crippen LogP contribution in [0.25, 0.3) is 11.1 Å². The maximum atomic E-state index is 12.6. The monoisotopic (exact) mass is 398 g/mol. The molecule has 4 rings (SSSR count). The summed E-state index contributed by atoms with van der Waals surface area (Å²) in [5.74, 6) is 0.965. The molecule has 150 valence electrons. The Kier molecular flexibility index (Phi) is 5.47. The number of rotatable bonds is 4. The van der Waals surface area contributed by atoms with Crippen LogP contribution in [0, 0.1) is 0 Å². The third-order valence-electron chi connectivity index (χ3n) is 5.28. The molecule has 0 bridgehead atoms. The summed E-state index contributed by atoms with van der Waals surface area (Å²) in [6, 6.07) is 10.8. The average molecular weight is 398 g/mol. The highest BCUT2D eigenvalue weighted by molar-refractivity contribution is 5.63. The number of benzene rings is 1. The van der Waals surface area contributed by atoms with Crippen LogP contribution in [-0.2, 0) is 6.18 Å². The fourth-order valence-electron chi connectivity index (χ4n) is 3.69. The van der Waals surface area contributed by atoms with Crippen molar-refractivity contribution in [3.8, 4) is 11.1 Å². The molecule has 0 aliphatic heterocycles. The Morgan fingerprint density at radius 3 is 2.03 bits per heavy atom. The van der Waals surface area contributed by atoms with E-state index >= 15 is 0 Å². The van der Waals surface area contributed by atoms with Crippen LogP contribution in [-0.4, -0.2) is 15.0 Å². The largest absolute Gasteiger partial charge is 0.433 e. The Balaban J connectivity index is 1.42. The molecule has 0 atom stereocenters. The number of pyridine rings is 1. The molecule has 2 aromatic heterocycles. The van der Waals surface area contributed by atoms with E-state index in [4.69, 9.17) is 0 Å². The molecule has 1 N–H and O–H groups in total. The lowest BCUT2D eigenvalue weighted by molar-refractivity contribution is -0.141. The maximum absolute atomic E-state index is 12.6. The zero-order chi connectivity index (χ0) is 20.3. The SMILES string of the molecule is FC(F)(F)c1ccc(Nc2ncc(-c3ccc(C4CCCCC4)cc3)cn2)cn1. The van der Waals surface area contributed by atoms with Crippen molar-refractivity contribution in [2.24, 2.45) is 0 Å². The number of anilines is 2. The summed E-state index contributed by atoms with van der Waals surface area (Å²) in [5, 5.41) is 2.86. The van der Waals surface area contributed by atoms with E-state index in [2.05, 4.69) is 44.5 Å². The minimum Gasteiger partial charge on any atom is -0.323 e. The normalized spacial score (nSPS) is 15.3. The van der Waals surface area contributed by atoms with Gasteiger partial charge in [-0.3, -0.25) is 0 Å². The average Bonchev–Trinajstić information content (AvgIpc) is 2.75. The lowest BCUT2D eigenvalue weighted by atomic mass is 9.84. The van der Waals surface area contributed by atoms with Gasteiger partial charge in [-0.1, -0.05) is 43.5 Å². The third kappa shape index (κ3) is 4.72. The van der Waals surface area contributed by atoms with E-state index in [1.54, 1.807) is 12.4 Å². The van der Waals surface area contributed by atoms with Crippen LogP contribution in [0.4, 0.5) is 24.8 Å². The van der Waals surface area contributed by atoms with Crippen LogP contribution in [0.2, 0.25) is 0 Å². The van der Waals surface area contributed by atoms with Crippen molar-refractivity contribution < 1.29 is 13.2 Å². The zero-order valence-corrected chi connectivity index (χ0v) is 15.8. The van der Waals surface area contributed by atoms with Gasteiger partial charge < -0.3 is 5.32 Å². The van der Waals surface area contributed by atoms with Crippen molar-refractivity contribution >= 4 is 11.6 Å². The standard InChI is InChI=1S/C22H21F3N4/c23-22(24,25)20-11-10-19(14-26-20)29-21-27-12-18(13-28-21)17-8-6-16(7-9-17)15-4-2-1-3-5-15/h6-15H,1-5H2,(H,27,28,29). The highest BCUT2D eigenvalue weighted by Gasteiger charge is 2.32. The van der Waals surface area contributed by atoms with Gasteiger partial charge in [0.15, 0.2) is 0 Å². The lowest BCUT2D eigenvalue weighted by Gasteiger charge is -2.22. The highest BCUT2D eigenvalue weighted by Crippen LogP contribution is 2.33. The Morgan fingerprint density at radius 2 is 1.45 bits per heavy atom. The van der Waals surface area contributed by atoms with Gasteiger partial charge in [0, 0.05) is 18.0 Å². The summed E-state index contributed by atoms with van der Waals surface area (Å²) in [6.45, 7) is 0. The van der Waals surface area contributed by atoms with Crippen LogP contribution >= 0.6 is 0 Å². The predicted molar refractivity (Wildman–Crippen MR) is 106 cm³/mol. The first-order chi connectivity index (χ1) is 14.0. The van der Waals surface area contributed by atoms with E-state index in [9.17, 15) is 13.2 Å². The number of alkyl halides is 3. The van der Waals surface area contributed by atoms with Gasteiger partial charge in [0.2, 0.25) is 5.95 Å². The Bertz CT molecular complexity index is 930. The summed E-state index contributed by atoms with van der Waals surface area (Å²) < 4.78 is 37.7. The molecule has 3 aromatic rings. The van der Waals surface area contributed by atoms with Gasteiger partial charge in [-0.05, 0) is 42.0 Å². The summed E-state index contributed by atoms with van der Waals surface area (Å²) in [6.07, 6.45) is 6.54. The Labute approximate surface area is 167 Å². The molecule has 29 heavy (non-hydrogen) atoms. The molecule has 4 nitrogen and oxygen atoms in total. The molecule has 1 aliphatic rings. The van der Waals surface area contributed by atoms with Crippen LogP contribution in [0.15, 0.2) is 55.0 Å². The van der Waals surface area contributed by atoms with Crippen molar-refractivity contribution in [2.75, 3.05) is 5.32 Å². The quantitative estimate of drug-likeness (QED) is 0.556. The molecule has 2 heterocycles. The smallest absolute Gasteiger partial charge is 0.323 e. The van der Waals surface area contributed by atoms with E-state index in [1.807, 2.05) is 0 Å². The Hall–Kier alpha value is -2.96. The van der Waals surface area contributed by atoms with Crippen LogP contribution < -0.4 is 5.32 Å². The van der Waals surface area contributed by atoms with E-state index in [-0.39, 0.29) is 0 Å². The van der Waals surface area contributed by atoms with Crippen molar-refractivity contribution in [2.45, 2.75) is 44.2 Å². The predicted octanol–water partition coefficient (Wildman–Crippen LogP) is 6.35. The number of hydrogen-bond donors (Lipinski definition) is 1. The summed E-state index contributed by atoms with van der Waals surface area (Å²) in [7, 11) is 0. The summed E-state index contributed by atoms with van der Waals surface area (Å²) in [4.78, 5) is 11.9. The van der Waals surface area contributed by atoms with Crippen molar-refractivity contribution in [1.29, 1.82) is 0 Å². The van der Waals surface area contributed by atoms with E-state index in [1.165, 1.54) is 43.7 Å². The summed E-state index contributed by atoms with van der Waals surface area (Å²) >= 11 is 0. The van der Waals surface area contributed by atoms with Crippen LogP contribution in [0.1, 0.15) is 49.3 Å². The molecule has 1 saturated carbocycles. The van der Waals surface area contributed by atoms with Gasteiger partial charge in [-0.2, -0.15) is 13.2 Å². The molecule has 1 fully saturated rings. The topological polar surface area (TPSA) is 50.7 Å². The summed E-state index contributed by atoms with van der Waals surface area (Å²) in [5.41, 5.74) is 2.77. The van der Waals surface area contributed by atoms with Crippen molar-refractivity contribution in [1.82, 2.24) is 15.0 Å². The molecule has 0 radical (unpaired) electrons. The fourth-order valence-corrected chi connectivity index (χ4v) is 3.69. The van der Waals surface area contributed by atoms with E-state index < -0.39 is 11.9 Å². The third-order valence-corrected chi connectivity index (χ3v) is 5.28. The van der Waals surface area contributed by atoms with Crippen LogP contribution in [0.3, 0.4) is 0 Å². The maximum Gasteiger partial charge on any atom is 0.433 e. The Morgan fingerprint density at radius 1 is 0.759 bits per heavy atom. The molecular formula is C22H21F3N4. The van der Waals surface area contributed by atoms with Crippen molar-refractivity contribution in [3.63, 3.8) is 0 Å². The molecular weight excluding hydrogens is 377 g/mol. The first-order valence-electron chi connectivity index (χ1n) is 9.72. The number of nitrogens with zero attached hydrogens (tertiary/aromatic N) is 3. The number of aromatic nitrogens is 3. The molecule has 7 heteroatoms. The van der Waals surface area contributed by atoms with Gasteiger partial charge in [-0.15, -0.1) is 0 Å². The fraction of sp³-hybridized carbons (Fsp3) is 0.318. The van der Waals surface area contributed by atoms with E-state index in [0.29, 0.717) is 17.6 Å². The van der Waals surface area contributed by atoms with Crippen LogP contribution in [0.5, 0.6) is 0 Å². The zero-order valence-electron chi connectivity index (χ0n) is 15.8. The van der Waals surface area contributed by atoms with Gasteiger partial charge >= 0.3 is 6.18 Å². The van der Waals surface area contributed by atoms with Gasteiger partial charge in [-0.25, -0.2) is 15.0 Å². The molecule has 1 aliphatic carbocycles. The molecule has 1 aromatic carbocycles. The number of nitrogens with one attached hydrogen (secondary N) is 1. The van der Waals surface area contributed by atoms with Gasteiger partial charge in [0.05, 0.1) is 11.9 Å². The van der Waals surface area contributed by atoms with Crippen molar-refractivity contribution in [3.05, 3.63) is 66.2 Å². The second-order valence-electron chi connectivity index (χ2n) is 7.31. The first kappa shape index (κ1) is 19.4. The second kappa shape index (κ2) is 8.19.